The maximum absolute atomic E-state index is 12.6. The monoisotopic (exact) mass is 177 g/mol. The Labute approximate surface area is 73.1 Å². The van der Waals surface area contributed by atoms with Crippen LogP contribution in [0.25, 0.3) is 0 Å². The molecule has 3 heteroatoms. The summed E-state index contributed by atoms with van der Waals surface area (Å²) in [6, 6.07) is 0. The minimum atomic E-state index is -2.62. The molecule has 1 rings (SSSR count). The number of hydrogen-bond acceptors (Lipinski definition) is 1. The lowest BCUT2D eigenvalue weighted by Crippen LogP contribution is -2.31. The lowest BCUT2D eigenvalue weighted by Gasteiger charge is -2.17. The Kier molecular flexibility index (Phi) is 5.06. The number of halogens is 2. The fourth-order valence-electron chi connectivity index (χ4n) is 1.04. The fraction of sp³-hybridized carbons (Fsp3) is 0.778. The minimum Gasteiger partial charge on any atom is -0.300 e. The Hall–Kier alpha value is -0.440. The van der Waals surface area contributed by atoms with Crippen molar-refractivity contribution in [1.29, 1.82) is 0 Å². The van der Waals surface area contributed by atoms with Crippen molar-refractivity contribution in [2.24, 2.45) is 0 Å². The lowest BCUT2D eigenvalue weighted by atomic mass is 10.3. The summed E-state index contributed by atoms with van der Waals surface area (Å²) >= 11 is 0. The van der Waals surface area contributed by atoms with Crippen LogP contribution in [0.15, 0.2) is 12.2 Å². The molecule has 0 saturated heterocycles. The molecule has 0 fully saturated rings. The summed E-state index contributed by atoms with van der Waals surface area (Å²) in [5.41, 5.74) is 0. The topological polar surface area (TPSA) is 3.24 Å². The molecule has 1 nitrogen and oxygen atoms in total. The standard InChI is InChI=1S/C7H11F2N.C2H6/c1-10-5-3-2-4-7(8,9)6-10;1-2/h2,4H,3,5-6H2,1H3;1-2H3. The normalized spacial score (nSPS) is 22.4. The summed E-state index contributed by atoms with van der Waals surface area (Å²) in [7, 11) is 1.71. The van der Waals surface area contributed by atoms with E-state index in [1.54, 1.807) is 18.0 Å². The first-order valence-corrected chi connectivity index (χ1v) is 4.34. The van der Waals surface area contributed by atoms with Crippen molar-refractivity contribution in [2.75, 3.05) is 20.1 Å². The van der Waals surface area contributed by atoms with Crippen LogP contribution in [-0.2, 0) is 0 Å². The average molecular weight is 177 g/mol. The molecule has 12 heavy (non-hydrogen) atoms. The quantitative estimate of drug-likeness (QED) is 0.514. The molecule has 0 bridgehead atoms. The van der Waals surface area contributed by atoms with Crippen molar-refractivity contribution in [3.63, 3.8) is 0 Å². The van der Waals surface area contributed by atoms with Gasteiger partial charge in [-0.3, -0.25) is 4.90 Å². The first kappa shape index (κ1) is 11.6. The van der Waals surface area contributed by atoms with E-state index in [0.29, 0.717) is 0 Å². The van der Waals surface area contributed by atoms with Gasteiger partial charge in [0.1, 0.15) is 0 Å². The molecule has 0 spiro atoms. The molecule has 0 aromatic heterocycles. The highest BCUT2D eigenvalue weighted by Gasteiger charge is 2.27. The maximum atomic E-state index is 12.6. The number of rotatable bonds is 0. The van der Waals surface area contributed by atoms with Crippen LogP contribution >= 0.6 is 0 Å². The highest BCUT2D eigenvalue weighted by Crippen LogP contribution is 2.19. The molecule has 1 aliphatic rings. The van der Waals surface area contributed by atoms with Gasteiger partial charge < -0.3 is 0 Å². The van der Waals surface area contributed by atoms with Crippen molar-refractivity contribution < 1.29 is 8.78 Å². The summed E-state index contributed by atoms with van der Waals surface area (Å²) in [6.07, 6.45) is 3.27. The van der Waals surface area contributed by atoms with Gasteiger partial charge in [0.05, 0.1) is 6.54 Å². The number of alkyl halides is 2. The predicted octanol–water partition coefficient (Wildman–Crippen LogP) is 2.54. The molecular weight excluding hydrogens is 160 g/mol. The van der Waals surface area contributed by atoms with Crippen molar-refractivity contribution in [2.45, 2.75) is 26.2 Å². The van der Waals surface area contributed by atoms with Crippen molar-refractivity contribution in [3.8, 4) is 0 Å². The Morgan fingerprint density at radius 1 is 1.33 bits per heavy atom. The molecule has 0 unspecified atom stereocenters. The van der Waals surface area contributed by atoms with E-state index in [9.17, 15) is 8.78 Å². The molecule has 0 N–H and O–H groups in total. The van der Waals surface area contributed by atoms with E-state index in [1.165, 1.54) is 0 Å². The van der Waals surface area contributed by atoms with Gasteiger partial charge in [-0.25, -0.2) is 8.78 Å². The van der Waals surface area contributed by atoms with E-state index in [2.05, 4.69) is 0 Å². The van der Waals surface area contributed by atoms with E-state index in [-0.39, 0.29) is 6.54 Å². The molecular formula is C9H17F2N. The summed E-state index contributed by atoms with van der Waals surface area (Å²) < 4.78 is 25.2. The third kappa shape index (κ3) is 4.44. The van der Waals surface area contributed by atoms with Gasteiger partial charge in [-0.15, -0.1) is 0 Å². The zero-order valence-corrected chi connectivity index (χ0v) is 7.98. The third-order valence-electron chi connectivity index (χ3n) is 1.52. The third-order valence-corrected chi connectivity index (χ3v) is 1.52. The Morgan fingerprint density at radius 3 is 2.50 bits per heavy atom. The fourth-order valence-corrected chi connectivity index (χ4v) is 1.04. The van der Waals surface area contributed by atoms with Gasteiger partial charge >= 0.3 is 0 Å². The number of hydrogen-bond donors (Lipinski definition) is 0. The van der Waals surface area contributed by atoms with E-state index >= 15 is 0 Å². The molecule has 0 saturated carbocycles. The second kappa shape index (κ2) is 5.25. The van der Waals surface area contributed by atoms with Gasteiger partial charge in [0.25, 0.3) is 5.92 Å². The van der Waals surface area contributed by atoms with Gasteiger partial charge in [0, 0.05) is 6.54 Å². The molecule has 1 heterocycles. The molecule has 0 aromatic rings. The molecule has 0 aliphatic carbocycles. The van der Waals surface area contributed by atoms with Crippen LogP contribution in [0.1, 0.15) is 20.3 Å². The summed E-state index contributed by atoms with van der Waals surface area (Å²) in [6.45, 7) is 4.58. The van der Waals surface area contributed by atoms with Gasteiger partial charge in [-0.05, 0) is 19.5 Å². The highest BCUT2D eigenvalue weighted by atomic mass is 19.3. The van der Waals surface area contributed by atoms with Gasteiger partial charge in [-0.2, -0.15) is 0 Å². The molecule has 0 amide bonds. The second-order valence-electron chi connectivity index (χ2n) is 2.69. The van der Waals surface area contributed by atoms with Crippen molar-refractivity contribution in [3.05, 3.63) is 12.2 Å². The Balaban J connectivity index is 0.000000561. The largest absolute Gasteiger partial charge is 0.300 e. The smallest absolute Gasteiger partial charge is 0.278 e. The molecule has 1 aliphatic heterocycles. The molecule has 0 atom stereocenters. The highest BCUT2D eigenvalue weighted by molar-refractivity contribution is 4.98. The molecule has 0 radical (unpaired) electrons. The number of nitrogens with zero attached hydrogens (tertiary/aromatic N) is 1. The van der Waals surface area contributed by atoms with Crippen molar-refractivity contribution in [1.82, 2.24) is 4.90 Å². The summed E-state index contributed by atoms with van der Waals surface area (Å²) in [4.78, 5) is 1.64. The molecule has 72 valence electrons. The second-order valence-corrected chi connectivity index (χ2v) is 2.69. The van der Waals surface area contributed by atoms with Crippen LogP contribution in [0, 0.1) is 0 Å². The van der Waals surface area contributed by atoms with Crippen LogP contribution < -0.4 is 0 Å². The summed E-state index contributed by atoms with van der Waals surface area (Å²) in [5, 5.41) is 0. The first-order chi connectivity index (χ1) is 5.60. The van der Waals surface area contributed by atoms with Gasteiger partial charge in [0.15, 0.2) is 0 Å². The Morgan fingerprint density at radius 2 is 1.92 bits per heavy atom. The van der Waals surface area contributed by atoms with Crippen LogP contribution in [0.2, 0.25) is 0 Å². The lowest BCUT2D eigenvalue weighted by molar-refractivity contribution is 0.0252. The average Bonchev–Trinajstić information content (AvgIpc) is 2.14. The first-order valence-electron chi connectivity index (χ1n) is 4.34. The zero-order valence-electron chi connectivity index (χ0n) is 7.98. The van der Waals surface area contributed by atoms with Crippen LogP contribution in [0.5, 0.6) is 0 Å². The maximum Gasteiger partial charge on any atom is 0.278 e. The van der Waals surface area contributed by atoms with Crippen molar-refractivity contribution >= 4 is 0 Å². The molecule has 0 aromatic carbocycles. The van der Waals surface area contributed by atoms with Crippen LogP contribution in [0.4, 0.5) is 8.78 Å². The van der Waals surface area contributed by atoms with Gasteiger partial charge in [-0.1, -0.05) is 19.9 Å². The minimum absolute atomic E-state index is 0.149. The van der Waals surface area contributed by atoms with Gasteiger partial charge in [0.2, 0.25) is 0 Å². The SMILES string of the molecule is CC.CN1CCC=CC(F)(F)C1. The zero-order chi connectivity index (χ0) is 9.61. The van der Waals surface area contributed by atoms with E-state index in [0.717, 1.165) is 19.0 Å². The van der Waals surface area contributed by atoms with E-state index < -0.39 is 5.92 Å². The van der Waals surface area contributed by atoms with Crippen LogP contribution in [-0.4, -0.2) is 31.0 Å². The van der Waals surface area contributed by atoms with Crippen LogP contribution in [0.3, 0.4) is 0 Å². The summed E-state index contributed by atoms with van der Waals surface area (Å²) in [5.74, 6) is -2.62. The Bertz CT molecular complexity index is 143. The predicted molar refractivity (Wildman–Crippen MR) is 47.5 cm³/mol. The van der Waals surface area contributed by atoms with E-state index in [1.807, 2.05) is 13.8 Å². The van der Waals surface area contributed by atoms with E-state index in [4.69, 9.17) is 0 Å².